The van der Waals surface area contributed by atoms with Crippen molar-refractivity contribution in [1.82, 2.24) is 5.32 Å². The fourth-order valence-corrected chi connectivity index (χ4v) is 2.16. The summed E-state index contributed by atoms with van der Waals surface area (Å²) < 4.78 is 12.8. The molecule has 0 aromatic heterocycles. The Morgan fingerprint density at radius 2 is 1.91 bits per heavy atom. The van der Waals surface area contributed by atoms with E-state index in [4.69, 9.17) is 5.26 Å². The summed E-state index contributed by atoms with van der Waals surface area (Å²) in [5.41, 5.74) is 3.34. The largest absolute Gasteiger partial charge is 0.280 e. The number of nitrogens with one attached hydrogen (secondary N) is 1. The molecule has 3 nitrogen and oxygen atoms in total. The first-order chi connectivity index (χ1) is 10.7. The van der Waals surface area contributed by atoms with Crippen LogP contribution in [-0.2, 0) is 12.8 Å². The number of amidine groups is 1. The van der Waals surface area contributed by atoms with Crippen molar-refractivity contribution in [2.24, 2.45) is 4.99 Å². The SMILES string of the molecule is Cc1ccccc1CC(=NCCc1ccc(F)cc1)NC#N. The van der Waals surface area contributed by atoms with E-state index in [2.05, 4.69) is 10.3 Å². The van der Waals surface area contributed by atoms with Crippen molar-refractivity contribution in [1.29, 1.82) is 5.26 Å². The van der Waals surface area contributed by atoms with Crippen LogP contribution in [0.25, 0.3) is 0 Å². The predicted molar refractivity (Wildman–Crippen MR) is 86.0 cm³/mol. The fourth-order valence-electron chi connectivity index (χ4n) is 2.16. The molecule has 0 saturated carbocycles. The molecule has 0 bridgehead atoms. The molecule has 0 aliphatic carbocycles. The highest BCUT2D eigenvalue weighted by atomic mass is 19.1. The highest BCUT2D eigenvalue weighted by Gasteiger charge is 2.03. The molecular formula is C18H18FN3. The second kappa shape index (κ2) is 7.94. The van der Waals surface area contributed by atoms with Crippen molar-refractivity contribution in [3.05, 3.63) is 71.0 Å². The molecule has 0 unspecified atom stereocenters. The Morgan fingerprint density at radius 1 is 1.18 bits per heavy atom. The predicted octanol–water partition coefficient (Wildman–Crippen LogP) is 3.39. The first-order valence-electron chi connectivity index (χ1n) is 7.16. The summed E-state index contributed by atoms with van der Waals surface area (Å²) in [6.07, 6.45) is 3.25. The second-order valence-corrected chi connectivity index (χ2v) is 5.04. The van der Waals surface area contributed by atoms with E-state index < -0.39 is 0 Å². The number of rotatable bonds is 5. The summed E-state index contributed by atoms with van der Waals surface area (Å²) in [7, 11) is 0. The molecule has 0 atom stereocenters. The minimum atomic E-state index is -0.237. The van der Waals surface area contributed by atoms with Gasteiger partial charge >= 0.3 is 0 Å². The van der Waals surface area contributed by atoms with Crippen LogP contribution < -0.4 is 5.32 Å². The number of benzene rings is 2. The maximum atomic E-state index is 12.8. The zero-order valence-corrected chi connectivity index (χ0v) is 12.5. The molecule has 0 amide bonds. The first-order valence-corrected chi connectivity index (χ1v) is 7.16. The smallest absolute Gasteiger partial charge is 0.182 e. The number of aryl methyl sites for hydroxylation is 1. The Hall–Kier alpha value is -2.67. The molecular weight excluding hydrogens is 277 g/mol. The highest BCUT2D eigenvalue weighted by Crippen LogP contribution is 2.08. The van der Waals surface area contributed by atoms with Crippen LogP contribution in [0, 0.1) is 24.2 Å². The lowest BCUT2D eigenvalue weighted by Gasteiger charge is -2.07. The molecule has 0 fully saturated rings. The fraction of sp³-hybridized carbons (Fsp3) is 0.222. The first kappa shape index (κ1) is 15.7. The van der Waals surface area contributed by atoms with Crippen LogP contribution in [0.3, 0.4) is 0 Å². The summed E-state index contributed by atoms with van der Waals surface area (Å²) in [6.45, 7) is 2.60. The third-order valence-electron chi connectivity index (χ3n) is 3.44. The van der Waals surface area contributed by atoms with Crippen LogP contribution in [0.2, 0.25) is 0 Å². The van der Waals surface area contributed by atoms with E-state index in [0.717, 1.165) is 11.1 Å². The Balaban J connectivity index is 2.00. The maximum Gasteiger partial charge on any atom is 0.182 e. The molecule has 0 spiro atoms. The molecule has 0 aliphatic rings. The average molecular weight is 295 g/mol. The van der Waals surface area contributed by atoms with Crippen LogP contribution in [0.4, 0.5) is 4.39 Å². The van der Waals surface area contributed by atoms with Gasteiger partial charge in [-0.15, -0.1) is 0 Å². The zero-order valence-electron chi connectivity index (χ0n) is 12.5. The number of nitrogens with zero attached hydrogens (tertiary/aromatic N) is 2. The zero-order chi connectivity index (χ0) is 15.8. The van der Waals surface area contributed by atoms with Gasteiger partial charge in [-0.25, -0.2) is 4.39 Å². The standard InChI is InChI=1S/C18H18FN3/c1-14-4-2-3-5-16(14)12-18(22-13-20)21-11-10-15-6-8-17(19)9-7-15/h2-9H,10-12H2,1H3,(H,21,22). The van der Waals surface area contributed by atoms with E-state index in [9.17, 15) is 4.39 Å². The molecule has 2 aromatic carbocycles. The summed E-state index contributed by atoms with van der Waals surface area (Å²) >= 11 is 0. The van der Waals surface area contributed by atoms with Crippen LogP contribution in [0.5, 0.6) is 0 Å². The van der Waals surface area contributed by atoms with Gasteiger partial charge in [-0.3, -0.25) is 10.3 Å². The number of aliphatic imine (C=N–C) groups is 1. The van der Waals surface area contributed by atoms with Gasteiger partial charge in [-0.2, -0.15) is 5.26 Å². The molecule has 0 heterocycles. The van der Waals surface area contributed by atoms with Gasteiger partial charge in [0.1, 0.15) is 11.7 Å². The van der Waals surface area contributed by atoms with Crippen molar-refractivity contribution >= 4 is 5.84 Å². The van der Waals surface area contributed by atoms with Gasteiger partial charge < -0.3 is 0 Å². The Bertz CT molecular complexity index is 684. The highest BCUT2D eigenvalue weighted by molar-refractivity contribution is 5.85. The monoisotopic (exact) mass is 295 g/mol. The number of nitriles is 1. The second-order valence-electron chi connectivity index (χ2n) is 5.04. The van der Waals surface area contributed by atoms with E-state index in [1.165, 1.54) is 17.7 Å². The summed E-state index contributed by atoms with van der Waals surface area (Å²) in [6, 6.07) is 14.4. The van der Waals surface area contributed by atoms with Gasteiger partial charge in [-0.1, -0.05) is 36.4 Å². The Morgan fingerprint density at radius 3 is 2.59 bits per heavy atom. The lowest BCUT2D eigenvalue weighted by atomic mass is 10.1. The normalized spacial score (nSPS) is 11.0. The van der Waals surface area contributed by atoms with Crippen molar-refractivity contribution in [2.45, 2.75) is 19.8 Å². The van der Waals surface area contributed by atoms with Gasteiger partial charge in [0.25, 0.3) is 0 Å². The number of halogens is 1. The maximum absolute atomic E-state index is 12.8. The van der Waals surface area contributed by atoms with E-state index in [0.29, 0.717) is 25.2 Å². The summed E-state index contributed by atoms with van der Waals surface area (Å²) in [4.78, 5) is 4.46. The van der Waals surface area contributed by atoms with Gasteiger partial charge in [0, 0.05) is 13.0 Å². The lowest BCUT2D eigenvalue weighted by molar-refractivity contribution is 0.627. The van der Waals surface area contributed by atoms with Crippen molar-refractivity contribution in [3.63, 3.8) is 0 Å². The van der Waals surface area contributed by atoms with Crippen LogP contribution in [-0.4, -0.2) is 12.4 Å². The number of hydrogen-bond donors (Lipinski definition) is 1. The van der Waals surface area contributed by atoms with E-state index in [1.54, 1.807) is 12.1 Å². The summed E-state index contributed by atoms with van der Waals surface area (Å²) in [5, 5.41) is 11.5. The molecule has 0 saturated heterocycles. The Labute approximate surface area is 130 Å². The van der Waals surface area contributed by atoms with Crippen molar-refractivity contribution in [2.75, 3.05) is 6.54 Å². The molecule has 0 aliphatic heterocycles. The van der Waals surface area contributed by atoms with Gasteiger partial charge in [0.15, 0.2) is 6.19 Å². The lowest BCUT2D eigenvalue weighted by Crippen LogP contribution is -2.21. The Kier molecular flexibility index (Phi) is 5.67. The van der Waals surface area contributed by atoms with Gasteiger partial charge in [-0.05, 0) is 42.2 Å². The molecule has 0 radical (unpaired) electrons. The molecule has 1 N–H and O–H groups in total. The van der Waals surface area contributed by atoms with Gasteiger partial charge in [0.2, 0.25) is 0 Å². The molecule has 112 valence electrons. The van der Waals surface area contributed by atoms with Crippen LogP contribution in [0.1, 0.15) is 16.7 Å². The van der Waals surface area contributed by atoms with E-state index in [-0.39, 0.29) is 5.82 Å². The van der Waals surface area contributed by atoms with Gasteiger partial charge in [0.05, 0.1) is 0 Å². The quantitative estimate of drug-likeness (QED) is 0.398. The number of hydrogen-bond acceptors (Lipinski definition) is 2. The third-order valence-corrected chi connectivity index (χ3v) is 3.44. The molecule has 22 heavy (non-hydrogen) atoms. The third kappa shape index (κ3) is 4.71. The molecule has 2 aromatic rings. The van der Waals surface area contributed by atoms with E-state index >= 15 is 0 Å². The average Bonchev–Trinajstić information content (AvgIpc) is 2.51. The molecule has 4 heteroatoms. The molecule has 2 rings (SSSR count). The minimum absolute atomic E-state index is 0.237. The van der Waals surface area contributed by atoms with Crippen molar-refractivity contribution in [3.8, 4) is 6.19 Å². The minimum Gasteiger partial charge on any atom is -0.280 e. The van der Waals surface area contributed by atoms with E-state index in [1.807, 2.05) is 37.4 Å². The van der Waals surface area contributed by atoms with Crippen molar-refractivity contribution < 1.29 is 4.39 Å². The topological polar surface area (TPSA) is 48.2 Å². The summed E-state index contributed by atoms with van der Waals surface area (Å²) in [5.74, 6) is 0.414. The van der Waals surface area contributed by atoms with Crippen LogP contribution in [0.15, 0.2) is 53.5 Å². The van der Waals surface area contributed by atoms with Crippen LogP contribution >= 0.6 is 0 Å².